The highest BCUT2D eigenvalue weighted by Crippen LogP contribution is 2.23. The van der Waals surface area contributed by atoms with Gasteiger partial charge in [-0.2, -0.15) is 5.10 Å². The van der Waals surface area contributed by atoms with Crippen LogP contribution in [-0.4, -0.2) is 22.8 Å². The molecule has 0 aliphatic heterocycles. The van der Waals surface area contributed by atoms with Crippen molar-refractivity contribution in [3.63, 3.8) is 0 Å². The molecule has 0 saturated carbocycles. The number of carbonyl (C=O) groups is 1. The number of hydrogen-bond donors (Lipinski definition) is 1. The van der Waals surface area contributed by atoms with E-state index in [0.717, 1.165) is 22.4 Å². The molecular weight excluding hydrogens is 433 g/mol. The molecule has 172 valence electrons. The minimum atomic E-state index is -0.281. The zero-order chi connectivity index (χ0) is 23.8. The summed E-state index contributed by atoms with van der Waals surface area (Å²) in [5.74, 6) is 0.923. The lowest BCUT2D eigenvalue weighted by atomic mass is 10.1. The highest BCUT2D eigenvalue weighted by molar-refractivity contribution is 6.01. The lowest BCUT2D eigenvalue weighted by Gasteiger charge is -2.11. The number of benzene rings is 3. The first kappa shape index (κ1) is 22.8. The van der Waals surface area contributed by atoms with Crippen molar-refractivity contribution in [1.82, 2.24) is 9.78 Å². The summed E-state index contributed by atoms with van der Waals surface area (Å²) >= 11 is 0. The second-order valence-corrected chi connectivity index (χ2v) is 7.55. The van der Waals surface area contributed by atoms with Crippen LogP contribution in [0.5, 0.6) is 11.5 Å². The molecule has 6 nitrogen and oxygen atoms in total. The van der Waals surface area contributed by atoms with Gasteiger partial charge in [-0.05, 0) is 53.6 Å². The normalized spacial score (nSPS) is 10.9. The van der Waals surface area contributed by atoms with E-state index in [1.165, 1.54) is 18.2 Å². The van der Waals surface area contributed by atoms with E-state index < -0.39 is 0 Å². The van der Waals surface area contributed by atoms with Gasteiger partial charge in [-0.25, -0.2) is 4.39 Å². The van der Waals surface area contributed by atoms with Crippen LogP contribution in [0.25, 0.3) is 6.08 Å². The lowest BCUT2D eigenvalue weighted by Crippen LogP contribution is -2.07. The van der Waals surface area contributed by atoms with Crippen LogP contribution in [0, 0.1) is 5.82 Å². The van der Waals surface area contributed by atoms with Crippen molar-refractivity contribution in [2.45, 2.75) is 13.2 Å². The third kappa shape index (κ3) is 6.32. The van der Waals surface area contributed by atoms with Crippen LogP contribution in [-0.2, 0) is 17.9 Å². The Bertz CT molecular complexity index is 1270. The van der Waals surface area contributed by atoms with Crippen molar-refractivity contribution < 1.29 is 18.7 Å². The summed E-state index contributed by atoms with van der Waals surface area (Å²) in [5, 5.41) is 7.03. The molecule has 0 radical (unpaired) electrons. The summed E-state index contributed by atoms with van der Waals surface area (Å²) in [4.78, 5) is 12.4. The quantitative estimate of drug-likeness (QED) is 0.346. The van der Waals surface area contributed by atoms with E-state index in [-0.39, 0.29) is 11.7 Å². The second kappa shape index (κ2) is 11.0. The number of methoxy groups -OCH3 is 1. The van der Waals surface area contributed by atoms with Gasteiger partial charge in [-0.15, -0.1) is 0 Å². The van der Waals surface area contributed by atoms with E-state index in [1.807, 2.05) is 48.5 Å². The van der Waals surface area contributed by atoms with Crippen molar-refractivity contribution in [3.05, 3.63) is 114 Å². The zero-order valence-corrected chi connectivity index (χ0v) is 18.6. The molecule has 1 heterocycles. The maximum atomic E-state index is 13.0. The Morgan fingerprint density at radius 3 is 2.65 bits per heavy atom. The van der Waals surface area contributed by atoms with Gasteiger partial charge in [0.15, 0.2) is 0 Å². The highest BCUT2D eigenvalue weighted by Gasteiger charge is 2.06. The monoisotopic (exact) mass is 457 g/mol. The molecule has 0 unspecified atom stereocenters. The molecule has 0 aliphatic carbocycles. The van der Waals surface area contributed by atoms with Crippen LogP contribution in [0.3, 0.4) is 0 Å². The first-order valence-corrected chi connectivity index (χ1v) is 10.7. The molecular formula is C27H24FN3O3. The number of anilines is 1. The number of amides is 1. The van der Waals surface area contributed by atoms with Gasteiger partial charge in [0.1, 0.15) is 23.9 Å². The predicted molar refractivity (Wildman–Crippen MR) is 129 cm³/mol. The SMILES string of the molecule is COc1ccc(/C=C/C(=O)Nc2cnn(Cc3ccc(F)cc3)c2)cc1COc1ccccc1. The fraction of sp³-hybridized carbons (Fsp3) is 0.111. The molecule has 1 amide bonds. The molecule has 3 aromatic carbocycles. The number of ether oxygens (including phenoxy) is 2. The van der Waals surface area contributed by atoms with Gasteiger partial charge in [0.05, 0.1) is 25.5 Å². The number of nitrogens with one attached hydrogen (secondary N) is 1. The lowest BCUT2D eigenvalue weighted by molar-refractivity contribution is -0.111. The average Bonchev–Trinajstić information content (AvgIpc) is 3.30. The third-order valence-electron chi connectivity index (χ3n) is 5.03. The smallest absolute Gasteiger partial charge is 0.248 e. The Morgan fingerprint density at radius 2 is 1.88 bits per heavy atom. The summed E-state index contributed by atoms with van der Waals surface area (Å²) in [5.41, 5.74) is 3.20. The van der Waals surface area contributed by atoms with Crippen molar-refractivity contribution >= 4 is 17.7 Å². The minimum Gasteiger partial charge on any atom is -0.496 e. The molecule has 4 rings (SSSR count). The van der Waals surface area contributed by atoms with E-state index in [2.05, 4.69) is 10.4 Å². The van der Waals surface area contributed by atoms with Crippen LogP contribution in [0.1, 0.15) is 16.7 Å². The predicted octanol–water partition coefficient (Wildman–Crippen LogP) is 5.31. The highest BCUT2D eigenvalue weighted by atomic mass is 19.1. The van der Waals surface area contributed by atoms with E-state index in [0.29, 0.717) is 24.6 Å². The summed E-state index contributed by atoms with van der Waals surface area (Å²) in [6.07, 6.45) is 6.48. The van der Waals surface area contributed by atoms with Gasteiger partial charge >= 0.3 is 0 Å². The molecule has 34 heavy (non-hydrogen) atoms. The van der Waals surface area contributed by atoms with E-state index in [1.54, 1.807) is 42.4 Å². The molecule has 0 spiro atoms. The maximum absolute atomic E-state index is 13.0. The molecule has 7 heteroatoms. The van der Waals surface area contributed by atoms with Gasteiger partial charge in [0.2, 0.25) is 5.91 Å². The summed E-state index contributed by atoms with van der Waals surface area (Å²) in [6.45, 7) is 0.819. The maximum Gasteiger partial charge on any atom is 0.248 e. The number of nitrogens with zero attached hydrogens (tertiary/aromatic N) is 2. The standard InChI is InChI=1S/C27H24FN3O3/c1-33-26-13-9-20(15-22(26)19-34-25-5-3-2-4-6-25)10-14-27(32)30-24-16-29-31(18-24)17-21-7-11-23(28)12-8-21/h2-16,18H,17,19H2,1H3,(H,30,32)/b14-10+. The second-order valence-electron chi connectivity index (χ2n) is 7.55. The van der Waals surface area contributed by atoms with Gasteiger partial charge in [0, 0.05) is 17.8 Å². The largest absolute Gasteiger partial charge is 0.496 e. The average molecular weight is 458 g/mol. The Labute approximate surface area is 197 Å². The van der Waals surface area contributed by atoms with E-state index >= 15 is 0 Å². The van der Waals surface area contributed by atoms with Crippen LogP contribution in [0.15, 0.2) is 91.3 Å². The van der Waals surface area contributed by atoms with Crippen molar-refractivity contribution in [2.75, 3.05) is 12.4 Å². The van der Waals surface area contributed by atoms with Crippen molar-refractivity contribution in [2.24, 2.45) is 0 Å². The molecule has 0 saturated heterocycles. The number of hydrogen-bond acceptors (Lipinski definition) is 4. The first-order chi connectivity index (χ1) is 16.6. The number of aromatic nitrogens is 2. The number of rotatable bonds is 9. The number of halogens is 1. The molecule has 1 N–H and O–H groups in total. The summed E-state index contributed by atoms with van der Waals surface area (Å²) in [6, 6.07) is 21.4. The number of para-hydroxylation sites is 1. The third-order valence-corrected chi connectivity index (χ3v) is 5.03. The van der Waals surface area contributed by atoms with Crippen molar-refractivity contribution in [1.29, 1.82) is 0 Å². The van der Waals surface area contributed by atoms with Gasteiger partial charge < -0.3 is 14.8 Å². The van der Waals surface area contributed by atoms with E-state index in [9.17, 15) is 9.18 Å². The molecule has 1 aromatic heterocycles. The summed E-state index contributed by atoms with van der Waals surface area (Å²) in [7, 11) is 1.61. The molecule has 4 aromatic rings. The van der Waals surface area contributed by atoms with Gasteiger partial charge in [0.25, 0.3) is 0 Å². The molecule has 0 bridgehead atoms. The van der Waals surface area contributed by atoms with Crippen LogP contribution in [0.4, 0.5) is 10.1 Å². The molecule has 0 atom stereocenters. The minimum absolute atomic E-state index is 0.278. The molecule has 0 fully saturated rings. The summed E-state index contributed by atoms with van der Waals surface area (Å²) < 4.78 is 26.0. The van der Waals surface area contributed by atoms with Gasteiger partial charge in [-0.3, -0.25) is 9.48 Å². The van der Waals surface area contributed by atoms with Crippen LogP contribution >= 0.6 is 0 Å². The Balaban J connectivity index is 1.36. The van der Waals surface area contributed by atoms with Crippen molar-refractivity contribution in [3.8, 4) is 11.5 Å². The first-order valence-electron chi connectivity index (χ1n) is 10.7. The van der Waals surface area contributed by atoms with Gasteiger partial charge in [-0.1, -0.05) is 36.4 Å². The Kier molecular flexibility index (Phi) is 7.35. The molecule has 0 aliphatic rings. The van der Waals surface area contributed by atoms with Crippen LogP contribution < -0.4 is 14.8 Å². The fourth-order valence-electron chi connectivity index (χ4n) is 3.34. The zero-order valence-electron chi connectivity index (χ0n) is 18.6. The fourth-order valence-corrected chi connectivity index (χ4v) is 3.34. The Morgan fingerprint density at radius 1 is 1.09 bits per heavy atom. The van der Waals surface area contributed by atoms with E-state index in [4.69, 9.17) is 9.47 Å². The van der Waals surface area contributed by atoms with Crippen LogP contribution in [0.2, 0.25) is 0 Å². The Hall–Kier alpha value is -4.39. The number of carbonyl (C=O) groups excluding carboxylic acids is 1. The topological polar surface area (TPSA) is 65.4 Å².